The summed E-state index contributed by atoms with van der Waals surface area (Å²) in [7, 11) is -8.13. The van der Waals surface area contributed by atoms with Gasteiger partial charge in [0.15, 0.2) is 0 Å². The van der Waals surface area contributed by atoms with Crippen LogP contribution in [-0.2, 0) is 24.8 Å². The molecule has 0 saturated heterocycles. The van der Waals surface area contributed by atoms with Gasteiger partial charge >= 0.3 is 0 Å². The van der Waals surface area contributed by atoms with E-state index in [1.54, 1.807) is 37.3 Å². The highest BCUT2D eigenvalue weighted by molar-refractivity contribution is 7.93. The predicted octanol–water partition coefficient (Wildman–Crippen LogP) is 4.38. The van der Waals surface area contributed by atoms with Crippen LogP contribution in [0.5, 0.6) is 0 Å². The Bertz CT molecular complexity index is 1710. The Morgan fingerprint density at radius 1 is 0.872 bits per heavy atom. The fourth-order valence-electron chi connectivity index (χ4n) is 3.52. The van der Waals surface area contributed by atoms with Crippen molar-refractivity contribution in [2.45, 2.75) is 23.6 Å². The number of carbonyl (C=O) groups is 1. The summed E-state index contributed by atoms with van der Waals surface area (Å²) in [6.45, 7) is 2.96. The van der Waals surface area contributed by atoms with E-state index in [0.717, 1.165) is 9.87 Å². The Labute approximate surface area is 231 Å². The van der Waals surface area contributed by atoms with Crippen LogP contribution >= 0.6 is 11.6 Å². The van der Waals surface area contributed by atoms with E-state index in [1.165, 1.54) is 54.7 Å². The Kier molecular flexibility index (Phi) is 8.19. The molecule has 1 heterocycles. The molecule has 0 atom stereocenters. The molecule has 1 aromatic heterocycles. The van der Waals surface area contributed by atoms with Crippen LogP contribution in [0.3, 0.4) is 0 Å². The number of aryl methyl sites for hydroxylation is 2. The van der Waals surface area contributed by atoms with E-state index in [9.17, 15) is 21.6 Å². The van der Waals surface area contributed by atoms with Crippen molar-refractivity contribution in [1.82, 2.24) is 9.97 Å². The molecule has 1 amide bonds. The van der Waals surface area contributed by atoms with Gasteiger partial charge in [0.25, 0.3) is 20.0 Å². The fraction of sp³-hybridized carbons (Fsp3) is 0.115. The quantitative estimate of drug-likeness (QED) is 0.297. The van der Waals surface area contributed by atoms with Crippen molar-refractivity contribution in [3.05, 3.63) is 101 Å². The average Bonchev–Trinajstić information content (AvgIpc) is 2.88. The summed E-state index contributed by atoms with van der Waals surface area (Å²) in [6, 6.07) is 19.5. The van der Waals surface area contributed by atoms with Crippen LogP contribution in [0, 0.1) is 13.8 Å². The van der Waals surface area contributed by atoms with Crippen molar-refractivity contribution in [1.29, 1.82) is 0 Å². The van der Waals surface area contributed by atoms with Crippen molar-refractivity contribution < 1.29 is 21.6 Å². The number of halogens is 1. The number of aromatic nitrogens is 2. The molecule has 0 aliphatic heterocycles. The first-order valence-corrected chi connectivity index (χ1v) is 14.8. The molecule has 0 unspecified atom stereocenters. The number of amides is 1. The predicted molar refractivity (Wildman–Crippen MR) is 150 cm³/mol. The molecular formula is C26H24ClN5O5S2. The first-order chi connectivity index (χ1) is 18.5. The van der Waals surface area contributed by atoms with E-state index in [1.807, 2.05) is 6.92 Å². The first-order valence-electron chi connectivity index (χ1n) is 11.5. The first kappa shape index (κ1) is 28.0. The van der Waals surface area contributed by atoms with Gasteiger partial charge in [0.05, 0.1) is 20.5 Å². The molecule has 3 aromatic carbocycles. The van der Waals surface area contributed by atoms with Gasteiger partial charge < -0.3 is 5.32 Å². The summed E-state index contributed by atoms with van der Waals surface area (Å²) >= 11 is 6.30. The van der Waals surface area contributed by atoms with Gasteiger partial charge in [-0.2, -0.15) is 0 Å². The van der Waals surface area contributed by atoms with E-state index in [4.69, 9.17) is 11.6 Å². The number of anilines is 3. The van der Waals surface area contributed by atoms with E-state index in [-0.39, 0.29) is 32.1 Å². The topological polar surface area (TPSA) is 138 Å². The van der Waals surface area contributed by atoms with Crippen molar-refractivity contribution >= 4 is 54.9 Å². The van der Waals surface area contributed by atoms with Gasteiger partial charge in [0, 0.05) is 17.6 Å². The third kappa shape index (κ3) is 6.72. The molecule has 0 fully saturated rings. The van der Waals surface area contributed by atoms with E-state index in [0.29, 0.717) is 5.69 Å². The van der Waals surface area contributed by atoms with Gasteiger partial charge in [-0.15, -0.1) is 0 Å². The van der Waals surface area contributed by atoms with Gasteiger partial charge in [-0.3, -0.25) is 9.10 Å². The lowest BCUT2D eigenvalue weighted by atomic mass is 10.2. The van der Waals surface area contributed by atoms with E-state index < -0.39 is 32.5 Å². The highest BCUT2D eigenvalue weighted by atomic mass is 35.5. The minimum absolute atomic E-state index is 0.000434. The van der Waals surface area contributed by atoms with Crippen LogP contribution in [0.2, 0.25) is 5.02 Å². The van der Waals surface area contributed by atoms with Crippen LogP contribution in [-0.4, -0.2) is 39.3 Å². The second-order valence-electron chi connectivity index (χ2n) is 8.48. The molecule has 10 nitrogen and oxygen atoms in total. The van der Waals surface area contributed by atoms with E-state index in [2.05, 4.69) is 20.0 Å². The molecule has 13 heteroatoms. The molecule has 4 rings (SSSR count). The third-order valence-electron chi connectivity index (χ3n) is 5.49. The molecule has 0 spiro atoms. The van der Waals surface area contributed by atoms with Gasteiger partial charge in [-0.25, -0.2) is 31.5 Å². The van der Waals surface area contributed by atoms with Crippen LogP contribution in [0.1, 0.15) is 11.3 Å². The number of benzene rings is 3. The third-order valence-corrected chi connectivity index (χ3v) is 8.92. The lowest BCUT2D eigenvalue weighted by molar-refractivity contribution is -0.114. The molecule has 4 aromatic rings. The Morgan fingerprint density at radius 3 is 2.15 bits per heavy atom. The lowest BCUT2D eigenvalue weighted by Crippen LogP contribution is -2.38. The second-order valence-corrected chi connectivity index (χ2v) is 12.4. The summed E-state index contributed by atoms with van der Waals surface area (Å²) in [4.78, 5) is 20.8. The van der Waals surface area contributed by atoms with Gasteiger partial charge in [-0.05, 0) is 68.4 Å². The number of carbonyl (C=O) groups excluding carboxylic acids is 1. The van der Waals surface area contributed by atoms with Gasteiger partial charge in [0.2, 0.25) is 11.9 Å². The van der Waals surface area contributed by atoms with Gasteiger partial charge in [-0.1, -0.05) is 41.4 Å². The molecule has 0 saturated carbocycles. The maximum Gasteiger partial charge on any atom is 0.264 e. The van der Waals surface area contributed by atoms with Crippen LogP contribution in [0.25, 0.3) is 0 Å². The summed E-state index contributed by atoms with van der Waals surface area (Å²) in [5, 5.41) is 2.76. The Balaban J connectivity index is 1.54. The summed E-state index contributed by atoms with van der Waals surface area (Å²) in [6.07, 6.45) is 1.43. The van der Waals surface area contributed by atoms with Crippen LogP contribution in [0.15, 0.2) is 94.9 Å². The molecule has 39 heavy (non-hydrogen) atoms. The number of hydrogen-bond acceptors (Lipinski definition) is 7. The number of hydrogen-bond donors (Lipinski definition) is 2. The van der Waals surface area contributed by atoms with Crippen molar-refractivity contribution in [2.75, 3.05) is 20.9 Å². The molecule has 0 aliphatic rings. The molecule has 2 N–H and O–H groups in total. The molecule has 202 valence electrons. The summed E-state index contributed by atoms with van der Waals surface area (Å²) in [5.74, 6) is -0.727. The fourth-order valence-corrected chi connectivity index (χ4v) is 6.20. The van der Waals surface area contributed by atoms with E-state index >= 15 is 0 Å². The number of para-hydroxylation sites is 1. The van der Waals surface area contributed by atoms with Crippen molar-refractivity contribution in [3.8, 4) is 0 Å². The molecule has 0 radical (unpaired) electrons. The lowest BCUT2D eigenvalue weighted by Gasteiger charge is -2.25. The molecule has 0 aliphatic carbocycles. The monoisotopic (exact) mass is 585 g/mol. The van der Waals surface area contributed by atoms with Crippen LogP contribution in [0.4, 0.5) is 17.3 Å². The average molecular weight is 586 g/mol. The van der Waals surface area contributed by atoms with Crippen molar-refractivity contribution in [2.24, 2.45) is 0 Å². The zero-order valence-electron chi connectivity index (χ0n) is 20.9. The summed E-state index contributed by atoms with van der Waals surface area (Å²) in [5.41, 5.74) is 1.87. The highest BCUT2D eigenvalue weighted by Crippen LogP contribution is 2.30. The molecular weight excluding hydrogens is 562 g/mol. The normalized spacial score (nSPS) is 11.6. The Morgan fingerprint density at radius 2 is 1.51 bits per heavy atom. The number of nitrogens with zero attached hydrogens (tertiary/aromatic N) is 3. The number of rotatable bonds is 9. The number of sulfonamides is 2. The maximum absolute atomic E-state index is 13.5. The summed E-state index contributed by atoms with van der Waals surface area (Å²) < 4.78 is 55.6. The zero-order valence-corrected chi connectivity index (χ0v) is 23.3. The smallest absolute Gasteiger partial charge is 0.264 e. The Hall–Kier alpha value is -4.00. The molecule has 0 bridgehead atoms. The second kappa shape index (κ2) is 11.4. The highest BCUT2D eigenvalue weighted by Gasteiger charge is 2.28. The minimum atomic E-state index is -4.15. The standard InChI is InChI=1S/C26H24ClN5O5S2/c1-18-7-11-22(12-8-18)39(36,37)32(24-6-4-3-5-23(24)27)17-25(33)30-20-9-13-21(14-10-20)38(34,35)31-26-28-16-15-19(2)29-26/h3-16H,17H2,1-2H3,(H,30,33)(H,28,29,31). The number of nitrogens with one attached hydrogen (secondary N) is 2. The minimum Gasteiger partial charge on any atom is -0.325 e. The van der Waals surface area contributed by atoms with Crippen LogP contribution < -0.4 is 14.3 Å². The largest absolute Gasteiger partial charge is 0.325 e. The SMILES string of the molecule is Cc1ccc(S(=O)(=O)N(CC(=O)Nc2ccc(S(=O)(=O)Nc3nccc(C)n3)cc2)c2ccccc2Cl)cc1. The van der Waals surface area contributed by atoms with Crippen molar-refractivity contribution in [3.63, 3.8) is 0 Å². The maximum atomic E-state index is 13.5. The van der Waals surface area contributed by atoms with Gasteiger partial charge in [0.1, 0.15) is 6.54 Å². The zero-order chi connectivity index (χ0) is 28.2.